The monoisotopic (exact) mass is 304 g/mol. The highest BCUT2D eigenvalue weighted by molar-refractivity contribution is 5.75. The summed E-state index contributed by atoms with van der Waals surface area (Å²) in [6.07, 6.45) is 2.70. The Morgan fingerprint density at radius 1 is 0.952 bits per heavy atom. The fraction of sp³-hybridized carbons (Fsp3) is 0.533. The molecule has 6 heteroatoms. The van der Waals surface area contributed by atoms with E-state index in [4.69, 9.17) is 0 Å². The van der Waals surface area contributed by atoms with Gasteiger partial charge >= 0.3 is 5.97 Å². The van der Waals surface area contributed by atoms with E-state index >= 15 is 0 Å². The van der Waals surface area contributed by atoms with Crippen molar-refractivity contribution in [3.63, 3.8) is 0 Å². The Kier molecular flexibility index (Phi) is 4.54. The summed E-state index contributed by atoms with van der Waals surface area (Å²) in [6.45, 7) is 2.95. The predicted molar refractivity (Wildman–Crippen MR) is 67.8 cm³/mol. The van der Waals surface area contributed by atoms with Crippen LogP contribution in [0, 0.1) is 42.0 Å². The van der Waals surface area contributed by atoms with E-state index in [1.54, 1.807) is 0 Å². The summed E-state index contributed by atoms with van der Waals surface area (Å²) in [5.41, 5.74) is -0.781. The van der Waals surface area contributed by atoms with Crippen molar-refractivity contribution in [3.05, 3.63) is 28.8 Å². The summed E-state index contributed by atoms with van der Waals surface area (Å²) >= 11 is 0. The van der Waals surface area contributed by atoms with E-state index < -0.39 is 46.5 Å². The molecular weight excluding hydrogens is 288 g/mol. The molecule has 1 aliphatic rings. The first-order valence-electron chi connectivity index (χ1n) is 6.87. The SMILES string of the molecule is Cc1c(F)c(F)c(OC(=O)C2CCC(C)CC2)c(F)c1F. The standard InChI is InChI=1S/C15H16F4O2/c1-7-3-5-9(6-4-7)15(20)21-14-12(18)10(16)8(2)11(17)13(14)19/h7,9H,3-6H2,1-2H3. The van der Waals surface area contributed by atoms with Gasteiger partial charge in [-0.25, -0.2) is 8.78 Å². The van der Waals surface area contributed by atoms with Crippen molar-refractivity contribution < 1.29 is 27.1 Å². The summed E-state index contributed by atoms with van der Waals surface area (Å²) < 4.78 is 58.7. The molecule has 0 heterocycles. The number of carbonyl (C=O) groups excluding carboxylic acids is 1. The molecule has 1 aliphatic carbocycles. The van der Waals surface area contributed by atoms with Crippen molar-refractivity contribution in [2.45, 2.75) is 39.5 Å². The lowest BCUT2D eigenvalue weighted by molar-refractivity contribution is -0.140. The highest BCUT2D eigenvalue weighted by Crippen LogP contribution is 2.33. The van der Waals surface area contributed by atoms with Crippen LogP contribution >= 0.6 is 0 Å². The molecule has 1 aromatic rings. The molecule has 1 fully saturated rings. The van der Waals surface area contributed by atoms with Gasteiger partial charge in [0, 0.05) is 5.56 Å². The smallest absolute Gasteiger partial charge is 0.314 e. The first kappa shape index (κ1) is 15.8. The molecule has 0 bridgehead atoms. The molecule has 0 atom stereocenters. The van der Waals surface area contributed by atoms with Gasteiger partial charge in [0.1, 0.15) is 0 Å². The van der Waals surface area contributed by atoms with Gasteiger partial charge in [0.05, 0.1) is 5.92 Å². The average molecular weight is 304 g/mol. The minimum absolute atomic E-state index is 0.483. The van der Waals surface area contributed by atoms with Gasteiger partial charge in [0.15, 0.2) is 11.6 Å². The number of esters is 1. The van der Waals surface area contributed by atoms with Crippen molar-refractivity contribution in [1.82, 2.24) is 0 Å². The normalized spacial score (nSPS) is 22.2. The molecule has 0 spiro atoms. The minimum Gasteiger partial charge on any atom is -0.420 e. The molecule has 0 aromatic heterocycles. The fourth-order valence-electron chi connectivity index (χ4n) is 2.49. The molecule has 0 aliphatic heterocycles. The second-order valence-electron chi connectivity index (χ2n) is 5.59. The van der Waals surface area contributed by atoms with Gasteiger partial charge in [-0.3, -0.25) is 4.79 Å². The van der Waals surface area contributed by atoms with Crippen LogP contribution in [0.25, 0.3) is 0 Å². The molecule has 0 saturated heterocycles. The quantitative estimate of drug-likeness (QED) is 0.353. The molecule has 0 amide bonds. The Labute approximate surface area is 120 Å². The molecule has 2 rings (SSSR count). The van der Waals surface area contributed by atoms with Crippen molar-refractivity contribution >= 4 is 5.97 Å². The fourth-order valence-corrected chi connectivity index (χ4v) is 2.49. The third-order valence-electron chi connectivity index (χ3n) is 3.99. The van der Waals surface area contributed by atoms with Crippen LogP contribution in [-0.4, -0.2) is 5.97 Å². The number of carbonyl (C=O) groups is 1. The van der Waals surface area contributed by atoms with Gasteiger partial charge in [0.2, 0.25) is 17.4 Å². The summed E-state index contributed by atoms with van der Waals surface area (Å²) in [5.74, 6) is -8.60. The minimum atomic E-state index is -1.68. The highest BCUT2D eigenvalue weighted by atomic mass is 19.2. The van der Waals surface area contributed by atoms with E-state index in [0.29, 0.717) is 18.8 Å². The molecule has 2 nitrogen and oxygen atoms in total. The number of benzene rings is 1. The Morgan fingerprint density at radius 3 is 1.90 bits per heavy atom. The Balaban J connectivity index is 2.22. The highest BCUT2D eigenvalue weighted by Gasteiger charge is 2.30. The number of rotatable bonds is 2. The second kappa shape index (κ2) is 6.03. The maximum atomic E-state index is 13.6. The zero-order valence-electron chi connectivity index (χ0n) is 11.8. The molecule has 1 aromatic carbocycles. The molecule has 21 heavy (non-hydrogen) atoms. The van der Waals surface area contributed by atoms with Gasteiger partial charge in [-0.15, -0.1) is 0 Å². The van der Waals surface area contributed by atoms with Gasteiger partial charge in [-0.1, -0.05) is 6.92 Å². The van der Waals surface area contributed by atoms with Crippen LogP contribution in [0.5, 0.6) is 5.75 Å². The largest absolute Gasteiger partial charge is 0.420 e. The van der Waals surface area contributed by atoms with E-state index in [-0.39, 0.29) is 0 Å². The number of halogens is 4. The maximum absolute atomic E-state index is 13.6. The summed E-state index contributed by atoms with van der Waals surface area (Å²) in [6, 6.07) is 0. The lowest BCUT2D eigenvalue weighted by atomic mass is 9.83. The van der Waals surface area contributed by atoms with Gasteiger partial charge in [-0.05, 0) is 38.5 Å². The number of ether oxygens (including phenoxy) is 1. The van der Waals surface area contributed by atoms with Crippen molar-refractivity contribution in [2.24, 2.45) is 11.8 Å². The van der Waals surface area contributed by atoms with Crippen LogP contribution in [0.4, 0.5) is 17.6 Å². The molecule has 1 saturated carbocycles. The maximum Gasteiger partial charge on any atom is 0.314 e. The van der Waals surface area contributed by atoms with Crippen LogP contribution in [0.1, 0.15) is 38.2 Å². The first-order valence-corrected chi connectivity index (χ1v) is 6.87. The van der Waals surface area contributed by atoms with Crippen molar-refractivity contribution in [1.29, 1.82) is 0 Å². The molecular formula is C15H16F4O2. The van der Waals surface area contributed by atoms with Crippen LogP contribution in [-0.2, 0) is 4.79 Å². The average Bonchev–Trinajstić information content (AvgIpc) is 2.48. The summed E-state index contributed by atoms with van der Waals surface area (Å²) in [7, 11) is 0. The second-order valence-corrected chi connectivity index (χ2v) is 5.59. The number of hydrogen-bond donors (Lipinski definition) is 0. The van der Waals surface area contributed by atoms with E-state index in [1.807, 2.05) is 6.92 Å². The van der Waals surface area contributed by atoms with Crippen molar-refractivity contribution in [2.75, 3.05) is 0 Å². The third-order valence-corrected chi connectivity index (χ3v) is 3.99. The predicted octanol–water partition coefficient (Wildman–Crippen LogP) is 4.28. The molecule has 116 valence electrons. The van der Waals surface area contributed by atoms with Crippen molar-refractivity contribution in [3.8, 4) is 5.75 Å². The molecule has 0 N–H and O–H groups in total. The van der Waals surface area contributed by atoms with E-state index in [1.165, 1.54) is 0 Å². The van der Waals surface area contributed by atoms with E-state index in [9.17, 15) is 22.4 Å². The van der Waals surface area contributed by atoms with Crippen LogP contribution < -0.4 is 4.74 Å². The third kappa shape index (κ3) is 3.04. The first-order chi connectivity index (χ1) is 9.82. The lowest BCUT2D eigenvalue weighted by Crippen LogP contribution is -2.26. The lowest BCUT2D eigenvalue weighted by Gasteiger charge is -2.24. The van der Waals surface area contributed by atoms with E-state index in [2.05, 4.69) is 4.74 Å². The van der Waals surface area contributed by atoms with Gasteiger partial charge in [-0.2, -0.15) is 8.78 Å². The van der Waals surface area contributed by atoms with Gasteiger partial charge < -0.3 is 4.74 Å². The topological polar surface area (TPSA) is 26.3 Å². The zero-order chi connectivity index (χ0) is 15.7. The Bertz CT molecular complexity index is 534. The molecule has 0 unspecified atom stereocenters. The van der Waals surface area contributed by atoms with E-state index in [0.717, 1.165) is 19.8 Å². The summed E-state index contributed by atoms with van der Waals surface area (Å²) in [5, 5.41) is 0. The Hall–Kier alpha value is -1.59. The Morgan fingerprint density at radius 2 is 1.43 bits per heavy atom. The van der Waals surface area contributed by atoms with Gasteiger partial charge in [0.25, 0.3) is 0 Å². The zero-order valence-corrected chi connectivity index (χ0v) is 11.8. The van der Waals surface area contributed by atoms with Crippen LogP contribution in [0.3, 0.4) is 0 Å². The molecule has 0 radical (unpaired) electrons. The van der Waals surface area contributed by atoms with Crippen LogP contribution in [0.2, 0.25) is 0 Å². The van der Waals surface area contributed by atoms with Crippen LogP contribution in [0.15, 0.2) is 0 Å². The summed E-state index contributed by atoms with van der Waals surface area (Å²) in [4.78, 5) is 11.9. The number of hydrogen-bond acceptors (Lipinski definition) is 2.